The number of rotatable bonds is 2. The van der Waals surface area contributed by atoms with Crippen molar-refractivity contribution in [1.29, 1.82) is 0 Å². The van der Waals surface area contributed by atoms with Crippen LogP contribution in [0.1, 0.15) is 5.82 Å². The van der Waals surface area contributed by atoms with Crippen LogP contribution in [0.4, 0.5) is 5.82 Å². The van der Waals surface area contributed by atoms with Crippen molar-refractivity contribution >= 4 is 17.4 Å². The number of amides is 1. The first-order chi connectivity index (χ1) is 13.7. The lowest BCUT2D eigenvalue weighted by molar-refractivity contribution is -0.141. The summed E-state index contributed by atoms with van der Waals surface area (Å²) in [4.78, 5) is 21.3. The maximum absolute atomic E-state index is 12.9. The number of hydrogen-bond acceptors (Lipinski definition) is 7. The Balaban J connectivity index is 1.26. The summed E-state index contributed by atoms with van der Waals surface area (Å²) in [5.74, 6) is 2.87. The molecule has 9 nitrogen and oxygen atoms in total. The van der Waals surface area contributed by atoms with Gasteiger partial charge in [0.2, 0.25) is 11.8 Å². The molecule has 0 radical (unpaired) electrons. The lowest BCUT2D eigenvalue weighted by atomic mass is 10.2. The van der Waals surface area contributed by atoms with E-state index in [2.05, 4.69) is 20.1 Å². The second kappa shape index (κ2) is 6.66. The van der Waals surface area contributed by atoms with Gasteiger partial charge >= 0.3 is 0 Å². The first kappa shape index (κ1) is 16.8. The van der Waals surface area contributed by atoms with Gasteiger partial charge in [-0.25, -0.2) is 4.98 Å². The molecule has 9 heteroatoms. The molecule has 1 fully saturated rings. The summed E-state index contributed by atoms with van der Waals surface area (Å²) in [5.41, 5.74) is 0.736. The smallest absolute Gasteiger partial charge is 0.267 e. The molecule has 0 bridgehead atoms. The van der Waals surface area contributed by atoms with Gasteiger partial charge in [0.15, 0.2) is 17.3 Å². The molecule has 2 aliphatic rings. The van der Waals surface area contributed by atoms with Crippen LogP contribution in [0.15, 0.2) is 36.7 Å². The molecule has 0 N–H and O–H groups in total. The van der Waals surface area contributed by atoms with Crippen LogP contribution in [-0.2, 0) is 4.79 Å². The van der Waals surface area contributed by atoms with Crippen LogP contribution in [0, 0.1) is 6.92 Å². The molecule has 1 atom stereocenters. The van der Waals surface area contributed by atoms with E-state index in [4.69, 9.17) is 9.47 Å². The molecule has 3 aromatic rings. The van der Waals surface area contributed by atoms with Gasteiger partial charge in [0, 0.05) is 38.6 Å². The summed E-state index contributed by atoms with van der Waals surface area (Å²) >= 11 is 0. The quantitative estimate of drug-likeness (QED) is 0.654. The average molecular weight is 380 g/mol. The molecule has 0 unspecified atom stereocenters. The fraction of sp³-hybridized carbons (Fsp3) is 0.368. The predicted molar refractivity (Wildman–Crippen MR) is 101 cm³/mol. The van der Waals surface area contributed by atoms with Crippen LogP contribution < -0.4 is 14.4 Å². The van der Waals surface area contributed by atoms with E-state index in [-0.39, 0.29) is 12.5 Å². The van der Waals surface area contributed by atoms with Gasteiger partial charge in [0.1, 0.15) is 12.4 Å². The Labute approximate surface area is 161 Å². The van der Waals surface area contributed by atoms with Crippen molar-refractivity contribution < 1.29 is 14.3 Å². The normalized spacial score (nSPS) is 19.1. The van der Waals surface area contributed by atoms with Gasteiger partial charge in [-0.2, -0.15) is 0 Å². The Morgan fingerprint density at radius 1 is 1.11 bits per heavy atom. The van der Waals surface area contributed by atoms with Crippen LogP contribution in [-0.4, -0.2) is 69.3 Å². The number of para-hydroxylation sites is 2. The van der Waals surface area contributed by atoms with Crippen molar-refractivity contribution in [2.75, 3.05) is 37.7 Å². The number of hydrogen-bond donors (Lipinski definition) is 0. The van der Waals surface area contributed by atoms with Crippen LogP contribution >= 0.6 is 0 Å². The Hall–Kier alpha value is -3.36. The lowest BCUT2D eigenvalue weighted by Crippen LogP contribution is -2.54. The second-order valence-electron chi connectivity index (χ2n) is 6.87. The van der Waals surface area contributed by atoms with E-state index >= 15 is 0 Å². The topological polar surface area (TPSA) is 85.1 Å². The number of ether oxygens (including phenoxy) is 2. The number of nitrogens with zero attached hydrogens (tertiary/aromatic N) is 6. The van der Waals surface area contributed by atoms with Crippen molar-refractivity contribution in [3.63, 3.8) is 0 Å². The number of fused-ring (bicyclic) bond motifs is 2. The number of piperazine rings is 1. The highest BCUT2D eigenvalue weighted by atomic mass is 16.6. The minimum absolute atomic E-state index is 0.0429. The Morgan fingerprint density at radius 2 is 1.89 bits per heavy atom. The third kappa shape index (κ3) is 2.79. The SMILES string of the molecule is Cc1nnc2c(N3CCN(C(=O)[C@@H]4COc5ccccc5O4)CC3)nccn12. The fourth-order valence-corrected chi connectivity index (χ4v) is 3.64. The molecule has 1 amide bonds. The largest absolute Gasteiger partial charge is 0.485 e. The highest BCUT2D eigenvalue weighted by Gasteiger charge is 2.33. The number of carbonyl (C=O) groups is 1. The molecular formula is C19H20N6O3. The molecule has 4 heterocycles. The van der Waals surface area contributed by atoms with Crippen molar-refractivity contribution in [1.82, 2.24) is 24.5 Å². The van der Waals surface area contributed by atoms with Gasteiger partial charge in [-0.3, -0.25) is 9.20 Å². The summed E-state index contributed by atoms with van der Waals surface area (Å²) in [7, 11) is 0. The van der Waals surface area contributed by atoms with Crippen LogP contribution in [0.5, 0.6) is 11.5 Å². The summed E-state index contributed by atoms with van der Waals surface area (Å²) < 4.78 is 13.5. The molecule has 1 saturated heterocycles. The third-order valence-electron chi connectivity index (χ3n) is 5.15. The minimum Gasteiger partial charge on any atom is -0.485 e. The molecule has 2 aromatic heterocycles. The van der Waals surface area contributed by atoms with E-state index in [0.29, 0.717) is 37.7 Å². The van der Waals surface area contributed by atoms with Gasteiger partial charge in [-0.1, -0.05) is 12.1 Å². The van der Waals surface area contributed by atoms with E-state index in [1.807, 2.05) is 46.7 Å². The Kier molecular flexibility index (Phi) is 4.00. The molecule has 1 aromatic carbocycles. The molecular weight excluding hydrogens is 360 g/mol. The average Bonchev–Trinajstić information content (AvgIpc) is 3.14. The summed E-state index contributed by atoms with van der Waals surface area (Å²) in [6, 6.07) is 7.41. The van der Waals surface area contributed by atoms with Gasteiger partial charge < -0.3 is 19.3 Å². The van der Waals surface area contributed by atoms with Gasteiger partial charge in [-0.15, -0.1) is 10.2 Å². The van der Waals surface area contributed by atoms with Crippen LogP contribution in [0.25, 0.3) is 5.65 Å². The Morgan fingerprint density at radius 3 is 2.71 bits per heavy atom. The zero-order valence-electron chi connectivity index (χ0n) is 15.5. The third-order valence-corrected chi connectivity index (χ3v) is 5.15. The molecule has 144 valence electrons. The highest BCUT2D eigenvalue weighted by molar-refractivity contribution is 5.82. The zero-order valence-corrected chi connectivity index (χ0v) is 15.5. The summed E-state index contributed by atoms with van der Waals surface area (Å²) in [5, 5.41) is 8.36. The summed E-state index contributed by atoms with van der Waals surface area (Å²) in [6.45, 7) is 4.68. The highest BCUT2D eigenvalue weighted by Crippen LogP contribution is 2.31. The monoisotopic (exact) mass is 380 g/mol. The van der Waals surface area contributed by atoms with E-state index in [1.165, 1.54) is 0 Å². The standard InChI is InChI=1S/C19H20N6O3/c1-13-21-22-18-17(20-6-7-25(13)18)23-8-10-24(11-9-23)19(26)16-12-27-14-4-2-3-5-15(14)28-16/h2-7,16H,8-12H2,1H3/t16-/m0/s1. The van der Waals surface area contributed by atoms with E-state index < -0.39 is 6.10 Å². The van der Waals surface area contributed by atoms with Crippen molar-refractivity contribution in [3.8, 4) is 11.5 Å². The van der Waals surface area contributed by atoms with Crippen molar-refractivity contribution in [3.05, 3.63) is 42.5 Å². The Bertz CT molecular complexity index is 1030. The molecule has 0 saturated carbocycles. The van der Waals surface area contributed by atoms with Crippen LogP contribution in [0.3, 0.4) is 0 Å². The number of aromatic nitrogens is 4. The fourth-order valence-electron chi connectivity index (χ4n) is 3.64. The summed E-state index contributed by atoms with van der Waals surface area (Å²) in [6.07, 6.45) is 3.00. The maximum Gasteiger partial charge on any atom is 0.267 e. The van der Waals surface area contributed by atoms with E-state index in [0.717, 1.165) is 17.3 Å². The molecule has 5 rings (SSSR count). The van der Waals surface area contributed by atoms with E-state index in [1.54, 1.807) is 6.20 Å². The van der Waals surface area contributed by atoms with Gasteiger partial charge in [0.25, 0.3) is 5.91 Å². The first-order valence-corrected chi connectivity index (χ1v) is 9.29. The lowest BCUT2D eigenvalue weighted by Gasteiger charge is -2.37. The van der Waals surface area contributed by atoms with E-state index in [9.17, 15) is 4.79 Å². The number of aryl methyl sites for hydroxylation is 1. The molecule has 28 heavy (non-hydrogen) atoms. The molecule has 0 spiro atoms. The molecule has 2 aliphatic heterocycles. The van der Waals surface area contributed by atoms with Crippen molar-refractivity contribution in [2.45, 2.75) is 13.0 Å². The predicted octanol–water partition coefficient (Wildman–Crippen LogP) is 0.921. The van der Waals surface area contributed by atoms with Crippen molar-refractivity contribution in [2.24, 2.45) is 0 Å². The van der Waals surface area contributed by atoms with Crippen LogP contribution in [0.2, 0.25) is 0 Å². The van der Waals surface area contributed by atoms with Gasteiger partial charge in [0.05, 0.1) is 0 Å². The number of anilines is 1. The maximum atomic E-state index is 12.9. The van der Waals surface area contributed by atoms with Gasteiger partial charge in [-0.05, 0) is 19.1 Å². The number of benzene rings is 1. The number of carbonyl (C=O) groups excluding carboxylic acids is 1. The second-order valence-corrected chi connectivity index (χ2v) is 6.87. The molecule has 0 aliphatic carbocycles. The minimum atomic E-state index is -0.609. The first-order valence-electron chi connectivity index (χ1n) is 9.29. The zero-order chi connectivity index (χ0) is 19.1.